The summed E-state index contributed by atoms with van der Waals surface area (Å²) in [6.07, 6.45) is 0.667. The Kier molecular flexibility index (Phi) is 9.36. The van der Waals surface area contributed by atoms with Crippen LogP contribution in [0.5, 0.6) is 0 Å². The van der Waals surface area contributed by atoms with E-state index in [2.05, 4.69) is 26.2 Å². The number of aliphatic hydroxyl groups is 1. The van der Waals surface area contributed by atoms with Crippen LogP contribution in [-0.2, 0) is 8.85 Å². The van der Waals surface area contributed by atoms with Gasteiger partial charge in [0.15, 0.2) is 17.4 Å². The van der Waals surface area contributed by atoms with E-state index in [-0.39, 0.29) is 6.10 Å². The third-order valence-electron chi connectivity index (χ3n) is 2.34. The van der Waals surface area contributed by atoms with Crippen molar-refractivity contribution in [3.63, 3.8) is 0 Å². The first kappa shape index (κ1) is 18.3. The summed E-state index contributed by atoms with van der Waals surface area (Å²) in [5, 5.41) is 9.60. The van der Waals surface area contributed by atoms with Crippen molar-refractivity contribution in [2.75, 3.05) is 33.9 Å². The Hall–Kier alpha value is 0.274. The van der Waals surface area contributed by atoms with Crippen molar-refractivity contribution in [3.05, 3.63) is 0 Å². The van der Waals surface area contributed by atoms with Crippen molar-refractivity contribution in [3.8, 4) is 0 Å². The minimum absolute atomic E-state index is 0.382. The van der Waals surface area contributed by atoms with Gasteiger partial charge < -0.3 is 18.9 Å². The second kappa shape index (κ2) is 9.22. The standard InChI is InChI=1S/C12H31NO3Si2/c1-13(2)10-12(14)11-15-8-7-9-17(3)16-18(4,5)6/h12,14,17H,7-11H2,1-6H3. The summed E-state index contributed by atoms with van der Waals surface area (Å²) < 4.78 is 11.6. The lowest BCUT2D eigenvalue weighted by Crippen LogP contribution is -2.33. The van der Waals surface area contributed by atoms with Crippen molar-refractivity contribution in [1.29, 1.82) is 0 Å². The highest BCUT2D eigenvalue weighted by Crippen LogP contribution is 2.09. The Morgan fingerprint density at radius 2 is 1.89 bits per heavy atom. The number of aliphatic hydroxyl groups excluding tert-OH is 1. The summed E-state index contributed by atoms with van der Waals surface area (Å²) in [4.78, 5) is 1.96. The van der Waals surface area contributed by atoms with Gasteiger partial charge in [0, 0.05) is 13.2 Å². The molecule has 0 aliphatic rings. The van der Waals surface area contributed by atoms with E-state index in [1.54, 1.807) is 0 Å². The Labute approximate surface area is 115 Å². The number of likely N-dealkylation sites (N-methyl/N-ethyl adjacent to an activating group) is 1. The van der Waals surface area contributed by atoms with Crippen molar-refractivity contribution in [2.24, 2.45) is 0 Å². The molecule has 0 saturated carbocycles. The molecule has 0 fully saturated rings. The zero-order chi connectivity index (χ0) is 14.2. The summed E-state index contributed by atoms with van der Waals surface area (Å²) in [6.45, 7) is 10.8. The molecule has 0 aromatic heterocycles. The first-order valence-corrected chi connectivity index (χ1v) is 12.6. The first-order valence-electron chi connectivity index (χ1n) is 6.79. The largest absolute Gasteiger partial charge is 0.458 e. The Bertz CT molecular complexity index is 210. The molecule has 0 amide bonds. The maximum absolute atomic E-state index is 9.60. The average Bonchev–Trinajstić information content (AvgIpc) is 2.12. The summed E-state index contributed by atoms with van der Waals surface area (Å²) in [7, 11) is 1.54. The molecule has 0 heterocycles. The fourth-order valence-corrected chi connectivity index (χ4v) is 7.87. The molecule has 6 heteroatoms. The van der Waals surface area contributed by atoms with Gasteiger partial charge in [0.05, 0.1) is 12.7 Å². The molecule has 0 aromatic carbocycles. The number of hydrogen-bond donors (Lipinski definition) is 1. The smallest absolute Gasteiger partial charge is 0.170 e. The molecule has 0 saturated heterocycles. The van der Waals surface area contributed by atoms with E-state index in [9.17, 15) is 5.11 Å². The molecule has 0 aliphatic heterocycles. The van der Waals surface area contributed by atoms with E-state index in [1.165, 1.54) is 0 Å². The van der Waals surface area contributed by atoms with Crippen LogP contribution in [0.25, 0.3) is 0 Å². The number of nitrogens with zero attached hydrogens (tertiary/aromatic N) is 1. The van der Waals surface area contributed by atoms with Gasteiger partial charge in [-0.25, -0.2) is 0 Å². The number of hydrogen-bond acceptors (Lipinski definition) is 4. The van der Waals surface area contributed by atoms with Gasteiger partial charge in [-0.15, -0.1) is 0 Å². The molecule has 0 aliphatic carbocycles. The van der Waals surface area contributed by atoms with Gasteiger partial charge in [0.25, 0.3) is 0 Å². The van der Waals surface area contributed by atoms with Crippen LogP contribution in [0.1, 0.15) is 6.42 Å². The maximum atomic E-state index is 9.60. The van der Waals surface area contributed by atoms with Crippen LogP contribution in [-0.4, -0.2) is 67.3 Å². The summed E-state index contributed by atoms with van der Waals surface area (Å²) in [6, 6.07) is 1.16. The van der Waals surface area contributed by atoms with Gasteiger partial charge >= 0.3 is 0 Å². The molecule has 0 spiro atoms. The molecule has 2 atom stereocenters. The third kappa shape index (κ3) is 12.7. The molecule has 2 unspecified atom stereocenters. The van der Waals surface area contributed by atoms with Crippen molar-refractivity contribution >= 4 is 17.4 Å². The normalized spacial score (nSPS) is 16.0. The molecule has 0 aromatic rings. The van der Waals surface area contributed by atoms with E-state index in [4.69, 9.17) is 8.85 Å². The Balaban J connectivity index is 3.45. The second-order valence-electron chi connectivity index (χ2n) is 6.17. The highest BCUT2D eigenvalue weighted by atomic mass is 28.4. The van der Waals surface area contributed by atoms with Gasteiger partial charge in [-0.2, -0.15) is 0 Å². The fourth-order valence-electron chi connectivity index (χ4n) is 1.83. The lowest BCUT2D eigenvalue weighted by Gasteiger charge is -2.23. The van der Waals surface area contributed by atoms with Gasteiger partial charge in [0.1, 0.15) is 0 Å². The Morgan fingerprint density at radius 1 is 1.28 bits per heavy atom. The molecule has 0 bridgehead atoms. The van der Waals surface area contributed by atoms with E-state index >= 15 is 0 Å². The highest BCUT2D eigenvalue weighted by molar-refractivity contribution is 6.77. The average molecular weight is 294 g/mol. The lowest BCUT2D eigenvalue weighted by molar-refractivity contribution is 0.0244. The zero-order valence-electron chi connectivity index (χ0n) is 12.9. The van der Waals surface area contributed by atoms with E-state index < -0.39 is 17.4 Å². The highest BCUT2D eigenvalue weighted by Gasteiger charge is 2.18. The van der Waals surface area contributed by atoms with Crippen molar-refractivity contribution < 1.29 is 14.0 Å². The van der Waals surface area contributed by atoms with Crippen LogP contribution in [0.2, 0.25) is 32.2 Å². The molecule has 4 nitrogen and oxygen atoms in total. The maximum Gasteiger partial charge on any atom is 0.170 e. The molecular weight excluding hydrogens is 262 g/mol. The molecule has 0 radical (unpaired) electrons. The summed E-state index contributed by atoms with van der Waals surface area (Å²) in [5.74, 6) is 0. The van der Waals surface area contributed by atoms with Crippen LogP contribution in [0.15, 0.2) is 0 Å². The first-order chi connectivity index (χ1) is 8.20. The number of ether oxygens (including phenoxy) is 1. The van der Waals surface area contributed by atoms with Crippen LogP contribution in [0, 0.1) is 0 Å². The third-order valence-corrected chi connectivity index (χ3v) is 8.00. The zero-order valence-corrected chi connectivity index (χ0v) is 15.1. The van der Waals surface area contributed by atoms with Gasteiger partial charge in [0.2, 0.25) is 0 Å². The predicted octanol–water partition coefficient (Wildman–Crippen LogP) is 1.52. The minimum Gasteiger partial charge on any atom is -0.458 e. The SMILES string of the molecule is CN(C)CC(O)COCCC[SiH](C)O[Si](C)(C)C. The Morgan fingerprint density at radius 3 is 2.39 bits per heavy atom. The van der Waals surface area contributed by atoms with Crippen molar-refractivity contribution in [1.82, 2.24) is 4.90 Å². The lowest BCUT2D eigenvalue weighted by atomic mass is 10.3. The van der Waals surface area contributed by atoms with Gasteiger partial charge in [-0.1, -0.05) is 0 Å². The van der Waals surface area contributed by atoms with Crippen molar-refractivity contribution in [2.45, 2.75) is 44.8 Å². The predicted molar refractivity (Wildman–Crippen MR) is 82.2 cm³/mol. The van der Waals surface area contributed by atoms with E-state index in [1.807, 2.05) is 19.0 Å². The summed E-state index contributed by atoms with van der Waals surface area (Å²) >= 11 is 0. The van der Waals surface area contributed by atoms with E-state index in [0.717, 1.165) is 19.1 Å². The monoisotopic (exact) mass is 293 g/mol. The van der Waals surface area contributed by atoms with Crippen LogP contribution in [0.3, 0.4) is 0 Å². The molecule has 18 heavy (non-hydrogen) atoms. The molecule has 1 N–H and O–H groups in total. The van der Waals surface area contributed by atoms with Crippen LogP contribution >= 0.6 is 0 Å². The quantitative estimate of drug-likeness (QED) is 0.490. The fraction of sp³-hybridized carbons (Fsp3) is 1.00. The molecular formula is C12H31NO3Si2. The second-order valence-corrected chi connectivity index (χ2v) is 13.5. The van der Waals surface area contributed by atoms with E-state index in [0.29, 0.717) is 13.2 Å². The van der Waals surface area contributed by atoms with Gasteiger partial charge in [-0.05, 0) is 52.7 Å². The summed E-state index contributed by atoms with van der Waals surface area (Å²) in [5.41, 5.74) is 0. The molecule has 110 valence electrons. The van der Waals surface area contributed by atoms with Gasteiger partial charge in [-0.3, -0.25) is 0 Å². The topological polar surface area (TPSA) is 41.9 Å². The van der Waals surface area contributed by atoms with Crippen LogP contribution < -0.4 is 0 Å². The number of rotatable bonds is 10. The minimum atomic E-state index is -1.35. The molecule has 0 rings (SSSR count). The van der Waals surface area contributed by atoms with Crippen LogP contribution in [0.4, 0.5) is 0 Å².